The molecular formula is C20H12N4. The van der Waals surface area contributed by atoms with Gasteiger partial charge in [-0.25, -0.2) is 4.98 Å². The lowest BCUT2D eigenvalue weighted by Gasteiger charge is -2.08. The number of imidazole rings is 1. The van der Waals surface area contributed by atoms with Gasteiger partial charge in [0, 0.05) is 29.8 Å². The fourth-order valence-corrected chi connectivity index (χ4v) is 3.90. The van der Waals surface area contributed by atoms with Crippen LogP contribution >= 0.6 is 0 Å². The van der Waals surface area contributed by atoms with E-state index in [9.17, 15) is 0 Å². The summed E-state index contributed by atoms with van der Waals surface area (Å²) in [4.78, 5) is 14.2. The van der Waals surface area contributed by atoms with Gasteiger partial charge in [-0.15, -0.1) is 0 Å². The summed E-state index contributed by atoms with van der Waals surface area (Å²) < 4.78 is 2.24. The van der Waals surface area contributed by atoms with Gasteiger partial charge in [0.05, 0.1) is 22.4 Å². The molecule has 1 aromatic carbocycles. The molecule has 0 saturated carbocycles. The van der Waals surface area contributed by atoms with Gasteiger partial charge in [0.2, 0.25) is 0 Å². The predicted molar refractivity (Wildman–Crippen MR) is 94.0 cm³/mol. The van der Waals surface area contributed by atoms with E-state index in [1.807, 2.05) is 24.5 Å². The Labute approximate surface area is 137 Å². The number of hydrogen-bond donors (Lipinski definition) is 0. The Morgan fingerprint density at radius 2 is 1.67 bits per heavy atom. The minimum Gasteiger partial charge on any atom is -0.292 e. The molecule has 0 fully saturated rings. The van der Waals surface area contributed by atoms with Crippen molar-refractivity contribution in [3.63, 3.8) is 0 Å². The Morgan fingerprint density at radius 3 is 2.62 bits per heavy atom. The summed E-state index contributed by atoms with van der Waals surface area (Å²) in [6, 6.07) is 16.6. The van der Waals surface area contributed by atoms with Crippen LogP contribution in [0.3, 0.4) is 0 Å². The molecular weight excluding hydrogens is 296 g/mol. The number of fused-ring (bicyclic) bond motifs is 10. The molecule has 5 aromatic rings. The monoisotopic (exact) mass is 308 g/mol. The third-order valence-corrected chi connectivity index (χ3v) is 4.91. The Kier molecular flexibility index (Phi) is 2.12. The van der Waals surface area contributed by atoms with Crippen molar-refractivity contribution in [1.29, 1.82) is 0 Å². The molecule has 0 aliphatic heterocycles. The SMILES string of the molecule is c1ccc2c(c1)Cc1c-2nc2c3ncccc3c3ncccc3n12. The highest BCUT2D eigenvalue weighted by Gasteiger charge is 2.26. The van der Waals surface area contributed by atoms with Crippen molar-refractivity contribution in [1.82, 2.24) is 19.4 Å². The highest BCUT2D eigenvalue weighted by molar-refractivity contribution is 6.08. The molecule has 24 heavy (non-hydrogen) atoms. The van der Waals surface area contributed by atoms with Crippen LogP contribution in [-0.2, 0) is 6.42 Å². The zero-order valence-corrected chi connectivity index (χ0v) is 12.8. The lowest BCUT2D eigenvalue weighted by molar-refractivity contribution is 1.09. The molecule has 4 heteroatoms. The van der Waals surface area contributed by atoms with Crippen molar-refractivity contribution < 1.29 is 0 Å². The molecule has 6 rings (SSSR count). The second kappa shape index (κ2) is 4.17. The van der Waals surface area contributed by atoms with Crippen LogP contribution in [0, 0.1) is 0 Å². The van der Waals surface area contributed by atoms with Crippen molar-refractivity contribution in [3.05, 3.63) is 72.2 Å². The van der Waals surface area contributed by atoms with Crippen LogP contribution in [0.15, 0.2) is 60.9 Å². The van der Waals surface area contributed by atoms with Crippen molar-refractivity contribution in [2.75, 3.05) is 0 Å². The standard InChI is InChI=1S/C20H12N4/c1-2-6-13-12(5-1)11-16-18(13)23-20-19-14(7-3-9-22-19)17-15(24(16)20)8-4-10-21-17/h1-10H,11H2. The van der Waals surface area contributed by atoms with Gasteiger partial charge in [0.25, 0.3) is 0 Å². The van der Waals surface area contributed by atoms with E-state index in [0.717, 1.165) is 39.7 Å². The zero-order valence-electron chi connectivity index (χ0n) is 12.8. The Hall–Kier alpha value is -3.27. The lowest BCUT2D eigenvalue weighted by atomic mass is 10.1. The second-order valence-corrected chi connectivity index (χ2v) is 6.17. The highest BCUT2D eigenvalue weighted by atomic mass is 15.1. The molecule has 4 nitrogen and oxygen atoms in total. The van der Waals surface area contributed by atoms with Gasteiger partial charge in [-0.1, -0.05) is 24.3 Å². The predicted octanol–water partition coefficient (Wildman–Crippen LogP) is 4.00. The first kappa shape index (κ1) is 12.2. The number of aromatic nitrogens is 4. The molecule has 0 spiro atoms. The number of benzene rings is 1. The normalized spacial score (nSPS) is 12.8. The quantitative estimate of drug-likeness (QED) is 0.398. The van der Waals surface area contributed by atoms with E-state index in [-0.39, 0.29) is 0 Å². The maximum absolute atomic E-state index is 4.99. The van der Waals surface area contributed by atoms with Crippen LogP contribution in [0.25, 0.3) is 38.8 Å². The van der Waals surface area contributed by atoms with Gasteiger partial charge in [-0.05, 0) is 29.8 Å². The van der Waals surface area contributed by atoms with E-state index in [4.69, 9.17) is 4.98 Å². The summed E-state index contributed by atoms with van der Waals surface area (Å²) in [6.45, 7) is 0. The van der Waals surface area contributed by atoms with E-state index < -0.39 is 0 Å². The number of nitrogens with zero attached hydrogens (tertiary/aromatic N) is 4. The summed E-state index contributed by atoms with van der Waals surface area (Å²) in [6.07, 6.45) is 4.56. The number of rotatable bonds is 0. The molecule has 0 bridgehead atoms. The molecule has 0 saturated heterocycles. The smallest absolute Gasteiger partial charge is 0.164 e. The third-order valence-electron chi connectivity index (χ3n) is 4.91. The number of pyridine rings is 3. The molecule has 0 N–H and O–H groups in total. The van der Waals surface area contributed by atoms with Gasteiger partial charge in [0.1, 0.15) is 5.52 Å². The van der Waals surface area contributed by atoms with Gasteiger partial charge < -0.3 is 0 Å². The summed E-state index contributed by atoms with van der Waals surface area (Å²) in [5.41, 5.74) is 8.78. The average molecular weight is 308 g/mol. The maximum atomic E-state index is 4.99. The molecule has 4 aromatic heterocycles. The molecule has 1 aliphatic carbocycles. The minimum absolute atomic E-state index is 0.898. The fourth-order valence-electron chi connectivity index (χ4n) is 3.90. The van der Waals surface area contributed by atoms with Gasteiger partial charge in [-0.2, -0.15) is 0 Å². The third kappa shape index (κ3) is 1.36. The lowest BCUT2D eigenvalue weighted by Crippen LogP contribution is -1.98. The zero-order chi connectivity index (χ0) is 15.7. The van der Waals surface area contributed by atoms with Crippen LogP contribution in [-0.4, -0.2) is 19.4 Å². The van der Waals surface area contributed by atoms with Crippen molar-refractivity contribution in [3.8, 4) is 11.3 Å². The molecule has 112 valence electrons. The van der Waals surface area contributed by atoms with Gasteiger partial charge in [0.15, 0.2) is 5.65 Å². The van der Waals surface area contributed by atoms with Crippen LogP contribution in [0.4, 0.5) is 0 Å². The van der Waals surface area contributed by atoms with E-state index in [2.05, 4.69) is 50.8 Å². The van der Waals surface area contributed by atoms with E-state index in [0.29, 0.717) is 0 Å². The van der Waals surface area contributed by atoms with Gasteiger partial charge in [-0.3, -0.25) is 14.4 Å². The van der Waals surface area contributed by atoms with Crippen LogP contribution in [0.5, 0.6) is 0 Å². The Bertz CT molecular complexity index is 1280. The summed E-state index contributed by atoms with van der Waals surface area (Å²) in [7, 11) is 0. The molecule has 0 amide bonds. The minimum atomic E-state index is 0.898. The number of hydrogen-bond acceptors (Lipinski definition) is 3. The molecule has 1 aliphatic rings. The van der Waals surface area contributed by atoms with Gasteiger partial charge >= 0.3 is 0 Å². The van der Waals surface area contributed by atoms with E-state index in [1.54, 1.807) is 0 Å². The van der Waals surface area contributed by atoms with Crippen LogP contribution in [0.1, 0.15) is 11.3 Å². The van der Waals surface area contributed by atoms with Crippen molar-refractivity contribution in [2.45, 2.75) is 6.42 Å². The maximum Gasteiger partial charge on any atom is 0.164 e. The van der Waals surface area contributed by atoms with Crippen molar-refractivity contribution in [2.24, 2.45) is 0 Å². The van der Waals surface area contributed by atoms with E-state index >= 15 is 0 Å². The van der Waals surface area contributed by atoms with Crippen LogP contribution < -0.4 is 0 Å². The molecule has 0 atom stereocenters. The first-order chi connectivity index (χ1) is 11.9. The molecule has 0 radical (unpaired) electrons. The average Bonchev–Trinajstić information content (AvgIpc) is 3.18. The van der Waals surface area contributed by atoms with E-state index in [1.165, 1.54) is 16.8 Å². The van der Waals surface area contributed by atoms with Crippen molar-refractivity contribution >= 4 is 27.6 Å². The first-order valence-corrected chi connectivity index (χ1v) is 8.03. The second-order valence-electron chi connectivity index (χ2n) is 6.17. The Balaban J connectivity index is 1.90. The summed E-state index contributed by atoms with van der Waals surface area (Å²) >= 11 is 0. The van der Waals surface area contributed by atoms with Crippen LogP contribution in [0.2, 0.25) is 0 Å². The Morgan fingerprint density at radius 1 is 0.833 bits per heavy atom. The topological polar surface area (TPSA) is 43.1 Å². The fraction of sp³-hybridized carbons (Fsp3) is 0.0500. The first-order valence-electron chi connectivity index (χ1n) is 8.03. The molecule has 4 heterocycles. The highest BCUT2D eigenvalue weighted by Crippen LogP contribution is 2.39. The summed E-state index contributed by atoms with van der Waals surface area (Å²) in [5, 5.41) is 1.05. The summed E-state index contributed by atoms with van der Waals surface area (Å²) in [5.74, 6) is 0. The largest absolute Gasteiger partial charge is 0.292 e. The molecule has 0 unspecified atom stereocenters.